The fraction of sp³-hybridized carbons (Fsp3) is 1.00. The van der Waals surface area contributed by atoms with E-state index in [0.29, 0.717) is 5.16 Å². The molecule has 0 rings (SSSR count). The third-order valence-corrected chi connectivity index (χ3v) is 20.8. The molecular formula is C12H31PSSi2. The minimum Gasteiger partial charge on any atom is -0.0975 e. The van der Waals surface area contributed by atoms with E-state index < -0.39 is 22.2 Å². The molecule has 0 nitrogen and oxygen atoms in total. The fourth-order valence-corrected chi connectivity index (χ4v) is 26.5. The van der Waals surface area contributed by atoms with Crippen LogP contribution >= 0.6 is 6.04 Å². The third kappa shape index (κ3) is 6.13. The standard InChI is InChI=1S/C12H31PSSi2/c1-12(2,3)13(14,10-15(4,5)6)11-16(7,8)9/h10-11H2,1-9H3. The van der Waals surface area contributed by atoms with Crippen LogP contribution in [0.1, 0.15) is 20.8 Å². The van der Waals surface area contributed by atoms with Gasteiger partial charge in [0.2, 0.25) is 0 Å². The third-order valence-electron chi connectivity index (χ3n) is 2.68. The lowest BCUT2D eigenvalue weighted by molar-refractivity contribution is 0.783. The van der Waals surface area contributed by atoms with Crippen LogP contribution in [0.4, 0.5) is 0 Å². The minimum absolute atomic E-state index is 0.364. The van der Waals surface area contributed by atoms with E-state index in [9.17, 15) is 0 Å². The van der Waals surface area contributed by atoms with E-state index in [4.69, 9.17) is 11.8 Å². The zero-order valence-corrected chi connectivity index (χ0v) is 16.5. The van der Waals surface area contributed by atoms with Gasteiger partial charge in [0, 0.05) is 16.1 Å². The van der Waals surface area contributed by atoms with E-state index in [2.05, 4.69) is 60.1 Å². The molecule has 0 aliphatic rings. The van der Waals surface area contributed by atoms with E-state index in [1.54, 1.807) is 0 Å². The average molecular weight is 295 g/mol. The van der Waals surface area contributed by atoms with Crippen LogP contribution in [0.2, 0.25) is 39.3 Å². The minimum atomic E-state index is -1.19. The van der Waals surface area contributed by atoms with Crippen molar-refractivity contribution in [1.82, 2.24) is 0 Å². The van der Waals surface area contributed by atoms with Crippen molar-refractivity contribution in [1.29, 1.82) is 0 Å². The predicted molar refractivity (Wildman–Crippen MR) is 90.5 cm³/mol. The van der Waals surface area contributed by atoms with Crippen LogP contribution in [0.5, 0.6) is 0 Å². The van der Waals surface area contributed by atoms with E-state index >= 15 is 0 Å². The molecule has 0 spiro atoms. The molecule has 0 bridgehead atoms. The first-order valence-corrected chi connectivity index (χ1v) is 16.8. The first-order chi connectivity index (χ1) is 6.66. The van der Waals surface area contributed by atoms with Gasteiger partial charge in [-0.25, -0.2) is 0 Å². The SMILES string of the molecule is CC(C)(C)P(=S)(C[Si](C)(C)C)C[Si](C)(C)C. The smallest absolute Gasteiger partial charge is 0.0494 e. The Balaban J connectivity index is 5.16. The maximum Gasteiger partial charge on any atom is 0.0494 e. The van der Waals surface area contributed by atoms with Crippen molar-refractivity contribution < 1.29 is 0 Å². The van der Waals surface area contributed by atoms with Gasteiger partial charge >= 0.3 is 0 Å². The lowest BCUT2D eigenvalue weighted by Crippen LogP contribution is -2.38. The molecule has 0 aromatic carbocycles. The van der Waals surface area contributed by atoms with Gasteiger partial charge in [0.15, 0.2) is 0 Å². The molecule has 0 saturated heterocycles. The van der Waals surface area contributed by atoms with Gasteiger partial charge in [-0.2, -0.15) is 0 Å². The largest absolute Gasteiger partial charge is 0.0975 e. The summed E-state index contributed by atoms with van der Waals surface area (Å²) in [5.41, 5.74) is 0. The summed E-state index contributed by atoms with van der Waals surface area (Å²) in [7, 11) is -2.07. The second kappa shape index (κ2) is 4.99. The average Bonchev–Trinajstić information content (AvgIpc) is 1.72. The van der Waals surface area contributed by atoms with Crippen molar-refractivity contribution in [3.63, 3.8) is 0 Å². The summed E-state index contributed by atoms with van der Waals surface area (Å²) in [4.78, 5) is 0. The zero-order valence-electron chi connectivity index (χ0n) is 12.8. The molecule has 0 fully saturated rings. The number of hydrogen-bond acceptors (Lipinski definition) is 1. The zero-order chi connectivity index (χ0) is 13.4. The van der Waals surface area contributed by atoms with Gasteiger partial charge in [-0.05, 0) is 22.8 Å². The van der Waals surface area contributed by atoms with Gasteiger partial charge in [0.05, 0.1) is 0 Å². The van der Waals surface area contributed by atoms with Gasteiger partial charge in [0.1, 0.15) is 0 Å². The highest BCUT2D eigenvalue weighted by atomic mass is 32.4. The highest BCUT2D eigenvalue weighted by Gasteiger charge is 2.38. The van der Waals surface area contributed by atoms with Gasteiger partial charge in [-0.15, -0.1) is 0 Å². The van der Waals surface area contributed by atoms with Crippen LogP contribution in [-0.4, -0.2) is 32.9 Å². The molecule has 16 heavy (non-hydrogen) atoms. The molecule has 0 N–H and O–H groups in total. The molecule has 0 saturated carbocycles. The molecule has 0 aliphatic heterocycles. The van der Waals surface area contributed by atoms with Crippen LogP contribution in [0, 0.1) is 0 Å². The molecule has 0 aliphatic carbocycles. The number of rotatable bonds is 4. The summed E-state index contributed by atoms with van der Waals surface area (Å²) >= 11 is 6.22. The van der Waals surface area contributed by atoms with Crippen LogP contribution in [0.25, 0.3) is 0 Å². The summed E-state index contributed by atoms with van der Waals surface area (Å²) in [6.07, 6.45) is 0. The lowest BCUT2D eigenvalue weighted by Gasteiger charge is -2.42. The van der Waals surface area contributed by atoms with Crippen molar-refractivity contribution in [2.75, 3.05) is 11.6 Å². The molecule has 0 atom stereocenters. The van der Waals surface area contributed by atoms with E-state index in [1.807, 2.05) is 0 Å². The van der Waals surface area contributed by atoms with Gasteiger partial charge in [0.25, 0.3) is 0 Å². The van der Waals surface area contributed by atoms with Gasteiger partial charge < -0.3 is 0 Å². The molecule has 0 heterocycles. The van der Waals surface area contributed by atoms with Crippen LogP contribution in [0.3, 0.4) is 0 Å². The van der Waals surface area contributed by atoms with E-state index in [0.717, 1.165) is 0 Å². The summed E-state index contributed by atoms with van der Waals surface area (Å²) in [5.74, 6) is 2.78. The molecular weight excluding hydrogens is 263 g/mol. The summed E-state index contributed by atoms with van der Waals surface area (Å²) in [5, 5.41) is 0.364. The van der Waals surface area contributed by atoms with Crippen molar-refractivity contribution in [3.8, 4) is 0 Å². The molecule has 0 unspecified atom stereocenters. The second-order valence-corrected chi connectivity index (χ2v) is 26.5. The monoisotopic (exact) mass is 294 g/mol. The first-order valence-electron chi connectivity index (χ1n) is 6.25. The normalized spacial score (nSPS) is 15.3. The maximum atomic E-state index is 6.22. The Bertz CT molecular complexity index is 259. The fourth-order valence-electron chi connectivity index (χ4n) is 2.06. The second-order valence-electron chi connectivity index (χ2n) is 8.50. The molecule has 0 radical (unpaired) electrons. The van der Waals surface area contributed by atoms with Crippen molar-refractivity contribution in [2.45, 2.75) is 65.2 Å². The molecule has 0 aromatic rings. The Kier molecular flexibility index (Phi) is 5.33. The molecule has 4 heteroatoms. The van der Waals surface area contributed by atoms with E-state index in [1.165, 1.54) is 11.6 Å². The Morgan fingerprint density at radius 3 is 1.19 bits per heavy atom. The van der Waals surface area contributed by atoms with Gasteiger partial charge in [-0.1, -0.05) is 71.9 Å². The maximum absolute atomic E-state index is 6.22. The van der Waals surface area contributed by atoms with Gasteiger partial charge in [-0.3, -0.25) is 0 Å². The lowest BCUT2D eigenvalue weighted by atomic mass is 10.3. The highest BCUT2D eigenvalue weighted by Crippen LogP contribution is 2.60. The van der Waals surface area contributed by atoms with E-state index in [-0.39, 0.29) is 0 Å². The summed E-state index contributed by atoms with van der Waals surface area (Å²) in [6.45, 7) is 22.0. The molecule has 0 amide bonds. The number of hydrogen-bond donors (Lipinski definition) is 0. The predicted octanol–water partition coefficient (Wildman–Crippen LogP) is 5.02. The van der Waals surface area contributed by atoms with Crippen molar-refractivity contribution in [3.05, 3.63) is 0 Å². The molecule has 98 valence electrons. The quantitative estimate of drug-likeness (QED) is 0.518. The van der Waals surface area contributed by atoms with Crippen molar-refractivity contribution >= 4 is 34.0 Å². The first kappa shape index (κ1) is 17.1. The van der Waals surface area contributed by atoms with Crippen LogP contribution in [0.15, 0.2) is 0 Å². The topological polar surface area (TPSA) is 0 Å². The Hall–Kier alpha value is 1.08. The summed E-state index contributed by atoms with van der Waals surface area (Å²) in [6, 6.07) is -1.19. The van der Waals surface area contributed by atoms with Crippen LogP contribution in [-0.2, 0) is 11.8 Å². The Labute approximate surface area is 111 Å². The Morgan fingerprint density at radius 2 is 1.06 bits per heavy atom. The highest BCUT2D eigenvalue weighted by molar-refractivity contribution is 8.16. The summed E-state index contributed by atoms with van der Waals surface area (Å²) < 4.78 is 0. The molecule has 0 aromatic heterocycles. The Morgan fingerprint density at radius 1 is 0.812 bits per heavy atom. The van der Waals surface area contributed by atoms with Crippen molar-refractivity contribution in [2.24, 2.45) is 0 Å². The van der Waals surface area contributed by atoms with Crippen LogP contribution < -0.4 is 0 Å².